The number of hydrogen-bond donors (Lipinski definition) is 1. The molecule has 2 heterocycles. The van der Waals surface area contributed by atoms with Crippen molar-refractivity contribution in [3.63, 3.8) is 0 Å². The van der Waals surface area contributed by atoms with Gasteiger partial charge in [-0.05, 0) is 30.7 Å². The Kier molecular flexibility index (Phi) is 5.01. The molecule has 0 radical (unpaired) electrons. The Balaban J connectivity index is 1.44. The van der Waals surface area contributed by atoms with E-state index in [9.17, 15) is 4.79 Å². The highest BCUT2D eigenvalue weighted by molar-refractivity contribution is 7.15. The number of ether oxygens (including phenoxy) is 2. The van der Waals surface area contributed by atoms with Crippen LogP contribution in [0.2, 0.25) is 5.02 Å². The third-order valence-electron chi connectivity index (χ3n) is 4.23. The predicted molar refractivity (Wildman–Crippen MR) is 106 cm³/mol. The number of rotatable bonds is 4. The molecular formula is C20H17ClN2O3S. The molecule has 0 aliphatic carbocycles. The number of aromatic nitrogens is 1. The number of halogens is 1. The Morgan fingerprint density at radius 3 is 2.78 bits per heavy atom. The summed E-state index contributed by atoms with van der Waals surface area (Å²) in [4.78, 5) is 18.1. The zero-order valence-electron chi connectivity index (χ0n) is 14.6. The quantitative estimate of drug-likeness (QED) is 0.701. The molecule has 1 unspecified atom stereocenters. The van der Waals surface area contributed by atoms with Gasteiger partial charge in [0.05, 0.1) is 5.69 Å². The molecule has 5 nitrogen and oxygen atoms in total. The smallest absolute Gasteiger partial charge is 0.270 e. The second kappa shape index (κ2) is 7.58. The molecule has 2 aromatic carbocycles. The Hall–Kier alpha value is -2.57. The van der Waals surface area contributed by atoms with Crippen LogP contribution in [0.25, 0.3) is 0 Å². The number of hydrogen-bond acceptors (Lipinski definition) is 5. The Labute approximate surface area is 165 Å². The highest BCUT2D eigenvalue weighted by Gasteiger charge is 2.28. The molecule has 0 saturated carbocycles. The van der Waals surface area contributed by atoms with Crippen LogP contribution in [-0.4, -0.2) is 23.6 Å². The third kappa shape index (κ3) is 3.91. The molecule has 27 heavy (non-hydrogen) atoms. The molecule has 138 valence electrons. The van der Waals surface area contributed by atoms with Gasteiger partial charge in [-0.25, -0.2) is 4.98 Å². The van der Waals surface area contributed by atoms with Crippen molar-refractivity contribution in [3.05, 3.63) is 69.7 Å². The lowest BCUT2D eigenvalue weighted by molar-refractivity contribution is -0.125. The summed E-state index contributed by atoms with van der Waals surface area (Å²) >= 11 is 7.69. The van der Waals surface area contributed by atoms with Crippen molar-refractivity contribution in [1.29, 1.82) is 0 Å². The van der Waals surface area contributed by atoms with Gasteiger partial charge >= 0.3 is 0 Å². The van der Waals surface area contributed by atoms with Crippen LogP contribution in [0.3, 0.4) is 0 Å². The first kappa shape index (κ1) is 17.8. The number of thiazole rings is 1. The summed E-state index contributed by atoms with van der Waals surface area (Å²) in [5.41, 5.74) is 1.91. The standard InChI is InChI=1S/C20H17ClN2O3S/c1-12-18(10-13-6-2-3-7-14(13)21)27-20(22-12)23-19(24)17-11-25-15-8-4-5-9-16(15)26-17/h2-9,17H,10-11H2,1H3,(H,22,23,24). The maximum atomic E-state index is 12.5. The fourth-order valence-corrected chi connectivity index (χ4v) is 3.99. The molecule has 0 saturated heterocycles. The normalized spacial score (nSPS) is 15.4. The van der Waals surface area contributed by atoms with Crippen molar-refractivity contribution in [2.75, 3.05) is 11.9 Å². The fraction of sp³-hybridized carbons (Fsp3) is 0.200. The van der Waals surface area contributed by atoms with Crippen LogP contribution in [0.4, 0.5) is 5.13 Å². The average Bonchev–Trinajstić information content (AvgIpc) is 3.02. The fourth-order valence-electron chi connectivity index (χ4n) is 2.79. The molecule has 1 aromatic heterocycles. The maximum absolute atomic E-state index is 12.5. The molecule has 1 aliphatic rings. The molecule has 1 atom stereocenters. The minimum Gasteiger partial charge on any atom is -0.485 e. The maximum Gasteiger partial charge on any atom is 0.270 e. The Morgan fingerprint density at radius 1 is 1.22 bits per heavy atom. The van der Waals surface area contributed by atoms with E-state index in [0.29, 0.717) is 23.1 Å². The number of para-hydroxylation sites is 2. The second-order valence-corrected chi connectivity index (χ2v) is 7.64. The minimum absolute atomic E-state index is 0.166. The van der Waals surface area contributed by atoms with E-state index in [1.807, 2.05) is 49.4 Å². The van der Waals surface area contributed by atoms with Crippen LogP contribution in [0, 0.1) is 6.92 Å². The van der Waals surface area contributed by atoms with Crippen molar-refractivity contribution >= 4 is 34.0 Å². The molecule has 3 aromatic rings. The summed E-state index contributed by atoms with van der Waals surface area (Å²) in [6.07, 6.45) is -0.0359. The van der Waals surface area contributed by atoms with Crippen LogP contribution in [0.15, 0.2) is 48.5 Å². The van der Waals surface area contributed by atoms with Crippen molar-refractivity contribution < 1.29 is 14.3 Å². The number of carbonyl (C=O) groups excluding carboxylic acids is 1. The minimum atomic E-state index is -0.712. The summed E-state index contributed by atoms with van der Waals surface area (Å²) in [7, 11) is 0. The largest absolute Gasteiger partial charge is 0.485 e. The van der Waals surface area contributed by atoms with E-state index < -0.39 is 6.10 Å². The molecule has 0 bridgehead atoms. The molecular weight excluding hydrogens is 384 g/mol. The van der Waals surface area contributed by atoms with E-state index in [-0.39, 0.29) is 12.5 Å². The van der Waals surface area contributed by atoms with Gasteiger partial charge in [-0.3, -0.25) is 10.1 Å². The van der Waals surface area contributed by atoms with E-state index >= 15 is 0 Å². The van der Waals surface area contributed by atoms with Crippen molar-refractivity contribution in [3.8, 4) is 11.5 Å². The summed E-state index contributed by atoms with van der Waals surface area (Å²) < 4.78 is 11.3. The molecule has 7 heteroatoms. The first-order chi connectivity index (χ1) is 13.1. The number of carbonyl (C=O) groups is 1. The lowest BCUT2D eigenvalue weighted by Crippen LogP contribution is -2.40. The number of benzene rings is 2. The summed E-state index contributed by atoms with van der Waals surface area (Å²) in [5.74, 6) is 0.940. The van der Waals surface area contributed by atoms with E-state index in [2.05, 4.69) is 10.3 Å². The van der Waals surface area contributed by atoms with Crippen molar-refractivity contribution in [2.24, 2.45) is 0 Å². The zero-order valence-corrected chi connectivity index (χ0v) is 16.1. The van der Waals surface area contributed by atoms with Gasteiger partial charge in [0.25, 0.3) is 5.91 Å². The molecule has 0 fully saturated rings. The topological polar surface area (TPSA) is 60.5 Å². The SMILES string of the molecule is Cc1nc(NC(=O)C2COc3ccccc3O2)sc1Cc1ccccc1Cl. The van der Waals surface area contributed by atoms with Gasteiger partial charge in [0.1, 0.15) is 6.61 Å². The van der Waals surface area contributed by atoms with Gasteiger partial charge in [0, 0.05) is 16.3 Å². The van der Waals surface area contributed by atoms with Crippen LogP contribution in [0.5, 0.6) is 11.5 Å². The summed E-state index contributed by atoms with van der Waals surface area (Å²) in [5, 5.41) is 4.10. The van der Waals surface area contributed by atoms with E-state index in [1.54, 1.807) is 6.07 Å². The van der Waals surface area contributed by atoms with Gasteiger partial charge < -0.3 is 9.47 Å². The lowest BCUT2D eigenvalue weighted by atomic mass is 10.1. The second-order valence-electron chi connectivity index (χ2n) is 6.15. The van der Waals surface area contributed by atoms with Gasteiger partial charge in [0.2, 0.25) is 6.10 Å². The number of amides is 1. The number of aryl methyl sites for hydroxylation is 1. The first-order valence-corrected chi connectivity index (χ1v) is 9.68. The number of nitrogens with zero attached hydrogens (tertiary/aromatic N) is 1. The first-order valence-electron chi connectivity index (χ1n) is 8.49. The molecule has 1 N–H and O–H groups in total. The predicted octanol–water partition coefficient (Wildman–Crippen LogP) is 4.47. The molecule has 1 amide bonds. The average molecular weight is 401 g/mol. The molecule has 4 rings (SSSR count). The zero-order chi connectivity index (χ0) is 18.8. The Morgan fingerprint density at radius 2 is 1.96 bits per heavy atom. The van der Waals surface area contributed by atoms with Gasteiger partial charge in [-0.1, -0.05) is 41.9 Å². The summed E-state index contributed by atoms with van der Waals surface area (Å²) in [6, 6.07) is 15.0. The van der Waals surface area contributed by atoms with E-state index in [0.717, 1.165) is 21.2 Å². The van der Waals surface area contributed by atoms with Crippen LogP contribution >= 0.6 is 22.9 Å². The van der Waals surface area contributed by atoms with Crippen molar-refractivity contribution in [1.82, 2.24) is 4.98 Å². The Bertz CT molecular complexity index is 989. The van der Waals surface area contributed by atoms with Crippen LogP contribution in [0.1, 0.15) is 16.1 Å². The van der Waals surface area contributed by atoms with E-state index in [1.165, 1.54) is 11.3 Å². The molecule has 0 spiro atoms. The van der Waals surface area contributed by atoms with E-state index in [4.69, 9.17) is 21.1 Å². The van der Waals surface area contributed by atoms with Gasteiger partial charge in [0.15, 0.2) is 16.6 Å². The van der Waals surface area contributed by atoms with Crippen LogP contribution < -0.4 is 14.8 Å². The molecule has 1 aliphatic heterocycles. The number of fused-ring (bicyclic) bond motifs is 1. The highest BCUT2D eigenvalue weighted by Crippen LogP contribution is 2.32. The van der Waals surface area contributed by atoms with Gasteiger partial charge in [-0.2, -0.15) is 0 Å². The monoisotopic (exact) mass is 400 g/mol. The van der Waals surface area contributed by atoms with Crippen LogP contribution in [-0.2, 0) is 11.2 Å². The van der Waals surface area contributed by atoms with Crippen molar-refractivity contribution in [2.45, 2.75) is 19.4 Å². The highest BCUT2D eigenvalue weighted by atomic mass is 35.5. The lowest BCUT2D eigenvalue weighted by Gasteiger charge is -2.25. The van der Waals surface area contributed by atoms with Gasteiger partial charge in [-0.15, -0.1) is 11.3 Å². The number of nitrogens with one attached hydrogen (secondary N) is 1. The third-order valence-corrected chi connectivity index (χ3v) is 5.67. The summed E-state index contributed by atoms with van der Waals surface area (Å²) in [6.45, 7) is 2.09. The number of anilines is 1.